The highest BCUT2D eigenvalue weighted by molar-refractivity contribution is 5.91. The first kappa shape index (κ1) is 19.1. The predicted molar refractivity (Wildman–Crippen MR) is 108 cm³/mol. The van der Waals surface area contributed by atoms with Crippen molar-refractivity contribution in [1.29, 1.82) is 0 Å². The summed E-state index contributed by atoms with van der Waals surface area (Å²) in [5, 5.41) is 14.1. The van der Waals surface area contributed by atoms with E-state index in [4.69, 9.17) is 4.52 Å². The van der Waals surface area contributed by atoms with Crippen LogP contribution in [0.3, 0.4) is 0 Å². The minimum absolute atomic E-state index is 0.123. The van der Waals surface area contributed by atoms with Crippen LogP contribution in [-0.4, -0.2) is 49.3 Å². The lowest BCUT2D eigenvalue weighted by molar-refractivity contribution is 0.191. The van der Waals surface area contributed by atoms with Gasteiger partial charge in [-0.05, 0) is 44.4 Å². The van der Waals surface area contributed by atoms with Crippen molar-refractivity contribution in [2.24, 2.45) is 0 Å². The van der Waals surface area contributed by atoms with Gasteiger partial charge in [0, 0.05) is 36.7 Å². The fourth-order valence-corrected chi connectivity index (χ4v) is 3.51. The number of urea groups is 1. The van der Waals surface area contributed by atoms with Crippen molar-refractivity contribution >= 4 is 11.7 Å². The van der Waals surface area contributed by atoms with E-state index in [0.717, 1.165) is 41.3 Å². The highest BCUT2D eigenvalue weighted by Crippen LogP contribution is 2.27. The number of carbonyl (C=O) groups is 1. The predicted octanol–water partition coefficient (Wildman–Crippen LogP) is 3.45. The first-order chi connectivity index (χ1) is 14.0. The van der Waals surface area contributed by atoms with Gasteiger partial charge in [0.15, 0.2) is 11.6 Å². The number of likely N-dealkylation sites (tertiary alicyclic amines) is 1. The third-order valence-electron chi connectivity index (χ3n) is 5.20. The highest BCUT2D eigenvalue weighted by atomic mass is 16.5. The third kappa shape index (κ3) is 4.13. The number of aryl methyl sites for hydroxylation is 3. The molecule has 1 atom stereocenters. The number of carbonyl (C=O) groups excluding carboxylic acids is 1. The second-order valence-electron chi connectivity index (χ2n) is 7.39. The van der Waals surface area contributed by atoms with Crippen molar-refractivity contribution < 1.29 is 9.32 Å². The Morgan fingerprint density at radius 1 is 1.34 bits per heavy atom. The van der Waals surface area contributed by atoms with Crippen LogP contribution in [0.2, 0.25) is 0 Å². The number of anilines is 1. The van der Waals surface area contributed by atoms with Crippen molar-refractivity contribution in [2.75, 3.05) is 18.4 Å². The number of hydrogen-bond donors (Lipinski definition) is 2. The van der Waals surface area contributed by atoms with Crippen molar-refractivity contribution in [3.8, 4) is 11.5 Å². The molecule has 1 fully saturated rings. The van der Waals surface area contributed by atoms with Crippen molar-refractivity contribution in [3.05, 3.63) is 41.2 Å². The second kappa shape index (κ2) is 8.02. The van der Waals surface area contributed by atoms with Crippen molar-refractivity contribution in [1.82, 2.24) is 30.2 Å². The third-order valence-corrected chi connectivity index (χ3v) is 5.20. The zero-order valence-electron chi connectivity index (χ0n) is 16.9. The molecule has 2 N–H and O–H groups in total. The second-order valence-corrected chi connectivity index (χ2v) is 7.39. The average Bonchev–Trinajstić information content (AvgIpc) is 3.39. The lowest BCUT2D eigenvalue weighted by Gasteiger charge is -2.31. The maximum atomic E-state index is 12.9. The van der Waals surface area contributed by atoms with Gasteiger partial charge in [0.05, 0.1) is 0 Å². The maximum Gasteiger partial charge on any atom is 0.321 e. The summed E-state index contributed by atoms with van der Waals surface area (Å²) in [6, 6.07) is 5.61. The summed E-state index contributed by atoms with van der Waals surface area (Å²) in [6.45, 7) is 7.13. The Kier molecular flexibility index (Phi) is 5.28. The van der Waals surface area contributed by atoms with Gasteiger partial charge in [0.1, 0.15) is 5.82 Å². The largest absolute Gasteiger partial charge is 0.334 e. The van der Waals surface area contributed by atoms with E-state index >= 15 is 0 Å². The molecule has 2 amide bonds. The quantitative estimate of drug-likeness (QED) is 0.700. The molecule has 0 saturated carbocycles. The van der Waals surface area contributed by atoms with E-state index in [1.165, 1.54) is 0 Å². The van der Waals surface area contributed by atoms with Gasteiger partial charge in [-0.25, -0.2) is 9.78 Å². The average molecular weight is 395 g/mol. The van der Waals surface area contributed by atoms with E-state index in [0.29, 0.717) is 31.2 Å². The zero-order valence-corrected chi connectivity index (χ0v) is 16.9. The standard InChI is InChI=1S/C20H25N7O2/c1-4-17-23-19(29-26-17)14-8-7-12(2)16(10-14)22-20(28)27-9-5-6-15(11-27)18-21-13(3)24-25-18/h7-8,10,15H,4-6,9,11H2,1-3H3,(H,22,28)(H,21,24,25)/t15-/m1/s1. The fraction of sp³-hybridized carbons (Fsp3) is 0.450. The van der Waals surface area contributed by atoms with Gasteiger partial charge in [-0.3, -0.25) is 5.10 Å². The molecule has 1 saturated heterocycles. The van der Waals surface area contributed by atoms with E-state index < -0.39 is 0 Å². The SMILES string of the molecule is CCc1noc(-c2ccc(C)c(NC(=O)N3CCC[C@@H](c4n[nH]c(C)n4)C3)c2)n1. The molecule has 3 heterocycles. The number of aromatic amines is 1. The minimum atomic E-state index is -0.123. The fourth-order valence-electron chi connectivity index (χ4n) is 3.51. The van der Waals surface area contributed by atoms with Crippen LogP contribution in [0.4, 0.5) is 10.5 Å². The summed E-state index contributed by atoms with van der Waals surface area (Å²) in [5.74, 6) is 2.84. The summed E-state index contributed by atoms with van der Waals surface area (Å²) < 4.78 is 5.32. The Morgan fingerprint density at radius 3 is 2.93 bits per heavy atom. The van der Waals surface area contributed by atoms with E-state index in [9.17, 15) is 4.79 Å². The molecule has 3 aromatic rings. The molecule has 0 bridgehead atoms. The van der Waals surface area contributed by atoms with Gasteiger partial charge < -0.3 is 14.7 Å². The zero-order chi connectivity index (χ0) is 20.4. The van der Waals surface area contributed by atoms with Crippen LogP contribution < -0.4 is 5.32 Å². The van der Waals surface area contributed by atoms with E-state index in [-0.39, 0.29) is 11.9 Å². The number of aromatic nitrogens is 5. The molecule has 1 aliphatic rings. The molecule has 29 heavy (non-hydrogen) atoms. The van der Waals surface area contributed by atoms with Crippen molar-refractivity contribution in [2.45, 2.75) is 46.0 Å². The molecule has 0 unspecified atom stereocenters. The number of nitrogens with zero attached hydrogens (tertiary/aromatic N) is 5. The number of amides is 2. The Morgan fingerprint density at radius 2 is 2.21 bits per heavy atom. The topological polar surface area (TPSA) is 113 Å². The number of rotatable bonds is 4. The summed E-state index contributed by atoms with van der Waals surface area (Å²) in [5.41, 5.74) is 2.49. The molecule has 2 aromatic heterocycles. The van der Waals surface area contributed by atoms with Gasteiger partial charge in [-0.2, -0.15) is 10.1 Å². The summed E-state index contributed by atoms with van der Waals surface area (Å²) in [4.78, 5) is 23.5. The summed E-state index contributed by atoms with van der Waals surface area (Å²) in [7, 11) is 0. The molecule has 9 heteroatoms. The van der Waals surface area contributed by atoms with E-state index in [2.05, 4.69) is 30.6 Å². The van der Waals surface area contributed by atoms with Gasteiger partial charge in [0.25, 0.3) is 5.89 Å². The van der Waals surface area contributed by atoms with Crippen LogP contribution in [0.5, 0.6) is 0 Å². The van der Waals surface area contributed by atoms with Crippen LogP contribution >= 0.6 is 0 Å². The Balaban J connectivity index is 1.48. The molecule has 1 aliphatic heterocycles. The molecule has 0 spiro atoms. The van der Waals surface area contributed by atoms with Crippen LogP contribution in [0.25, 0.3) is 11.5 Å². The van der Waals surface area contributed by atoms with Crippen LogP contribution in [0, 0.1) is 13.8 Å². The lowest BCUT2D eigenvalue weighted by Crippen LogP contribution is -2.42. The number of benzene rings is 1. The Labute approximate surface area is 168 Å². The summed E-state index contributed by atoms with van der Waals surface area (Å²) >= 11 is 0. The van der Waals surface area contributed by atoms with E-state index in [1.807, 2.05) is 43.9 Å². The van der Waals surface area contributed by atoms with Crippen LogP contribution in [0.15, 0.2) is 22.7 Å². The molecule has 0 aliphatic carbocycles. The van der Waals surface area contributed by atoms with Gasteiger partial charge in [-0.15, -0.1) is 0 Å². The molecule has 1 aromatic carbocycles. The van der Waals surface area contributed by atoms with Gasteiger partial charge in [0.2, 0.25) is 0 Å². The number of nitrogens with one attached hydrogen (secondary N) is 2. The normalized spacial score (nSPS) is 16.8. The smallest absolute Gasteiger partial charge is 0.321 e. The maximum absolute atomic E-state index is 12.9. The monoisotopic (exact) mass is 395 g/mol. The Bertz CT molecular complexity index is 1010. The lowest BCUT2D eigenvalue weighted by atomic mass is 9.97. The van der Waals surface area contributed by atoms with Gasteiger partial charge in [-0.1, -0.05) is 18.1 Å². The molecule has 152 valence electrons. The molecule has 4 rings (SSSR count). The number of H-pyrrole nitrogens is 1. The van der Waals surface area contributed by atoms with Crippen LogP contribution in [-0.2, 0) is 6.42 Å². The first-order valence-electron chi connectivity index (χ1n) is 9.92. The molecule has 0 radical (unpaired) electrons. The van der Waals surface area contributed by atoms with E-state index in [1.54, 1.807) is 0 Å². The first-order valence-corrected chi connectivity index (χ1v) is 9.92. The minimum Gasteiger partial charge on any atom is -0.334 e. The Hall–Kier alpha value is -3.23. The molecule has 9 nitrogen and oxygen atoms in total. The molecular formula is C20H25N7O2. The van der Waals surface area contributed by atoms with Gasteiger partial charge >= 0.3 is 6.03 Å². The van der Waals surface area contributed by atoms with Crippen LogP contribution in [0.1, 0.15) is 48.7 Å². The number of piperidine rings is 1. The number of hydrogen-bond acceptors (Lipinski definition) is 6. The highest BCUT2D eigenvalue weighted by Gasteiger charge is 2.27. The summed E-state index contributed by atoms with van der Waals surface area (Å²) in [6.07, 6.45) is 2.61. The van der Waals surface area contributed by atoms with Crippen molar-refractivity contribution in [3.63, 3.8) is 0 Å². The molecular weight excluding hydrogens is 370 g/mol.